The highest BCUT2D eigenvalue weighted by atomic mass is 32.2. The summed E-state index contributed by atoms with van der Waals surface area (Å²) in [5.41, 5.74) is 1.27. The van der Waals surface area contributed by atoms with Crippen molar-refractivity contribution in [1.82, 2.24) is 9.97 Å². The predicted molar refractivity (Wildman–Crippen MR) is 76.1 cm³/mol. The summed E-state index contributed by atoms with van der Waals surface area (Å²) in [6.45, 7) is 5.11. The second kappa shape index (κ2) is 6.40. The molecule has 0 spiro atoms. The Bertz CT molecular complexity index is 497. The maximum atomic E-state index is 4.47. The third-order valence-corrected chi connectivity index (χ3v) is 3.35. The number of aryl methyl sites for hydroxylation is 1. The topological polar surface area (TPSA) is 37.8 Å². The van der Waals surface area contributed by atoms with Gasteiger partial charge >= 0.3 is 0 Å². The smallest absolute Gasteiger partial charge is 0.223 e. The number of rotatable bonds is 5. The lowest BCUT2D eigenvalue weighted by molar-refractivity contribution is 0.935. The van der Waals surface area contributed by atoms with Gasteiger partial charge in [0.1, 0.15) is 5.03 Å². The number of aromatic nitrogens is 2. The van der Waals surface area contributed by atoms with Crippen molar-refractivity contribution in [2.24, 2.45) is 0 Å². The molecule has 2 rings (SSSR count). The van der Waals surface area contributed by atoms with E-state index in [4.69, 9.17) is 0 Å². The molecule has 1 heterocycles. The standard InChI is InChI=1S/C14H17N3S/c1-3-9-15-14-16-10-8-13(17-14)18-12-6-4-11(2)5-7-12/h4-8,10H,3,9H2,1-2H3,(H,15,16,17). The molecule has 0 aliphatic carbocycles. The lowest BCUT2D eigenvalue weighted by atomic mass is 10.2. The van der Waals surface area contributed by atoms with Gasteiger partial charge in [0.2, 0.25) is 5.95 Å². The zero-order valence-corrected chi connectivity index (χ0v) is 11.5. The van der Waals surface area contributed by atoms with Crippen LogP contribution in [0.1, 0.15) is 18.9 Å². The Balaban J connectivity index is 2.06. The summed E-state index contributed by atoms with van der Waals surface area (Å²) in [4.78, 5) is 9.86. The Kier molecular flexibility index (Phi) is 4.59. The van der Waals surface area contributed by atoms with Gasteiger partial charge < -0.3 is 5.32 Å². The molecule has 4 heteroatoms. The SMILES string of the molecule is CCCNc1nccc(Sc2ccc(C)cc2)n1. The average Bonchev–Trinajstić information content (AvgIpc) is 2.40. The van der Waals surface area contributed by atoms with Crippen LogP contribution in [-0.2, 0) is 0 Å². The summed E-state index contributed by atoms with van der Waals surface area (Å²) in [5, 5.41) is 4.16. The van der Waals surface area contributed by atoms with E-state index < -0.39 is 0 Å². The first-order chi connectivity index (χ1) is 8.78. The molecule has 3 nitrogen and oxygen atoms in total. The third kappa shape index (κ3) is 3.74. The Labute approximate surface area is 112 Å². The van der Waals surface area contributed by atoms with Gasteiger partial charge in [0.25, 0.3) is 0 Å². The fourth-order valence-corrected chi connectivity index (χ4v) is 2.22. The summed E-state index contributed by atoms with van der Waals surface area (Å²) in [6, 6.07) is 10.4. The van der Waals surface area contributed by atoms with Gasteiger partial charge in [-0.1, -0.05) is 36.4 Å². The van der Waals surface area contributed by atoms with E-state index in [-0.39, 0.29) is 0 Å². The number of nitrogens with zero attached hydrogens (tertiary/aromatic N) is 2. The first-order valence-corrected chi connectivity index (χ1v) is 6.91. The van der Waals surface area contributed by atoms with Crippen LogP contribution in [0.4, 0.5) is 5.95 Å². The Morgan fingerprint density at radius 2 is 1.94 bits per heavy atom. The molecule has 0 amide bonds. The third-order valence-electron chi connectivity index (χ3n) is 2.41. The van der Waals surface area contributed by atoms with Crippen molar-refractivity contribution in [3.8, 4) is 0 Å². The molecule has 0 radical (unpaired) electrons. The van der Waals surface area contributed by atoms with Crippen LogP contribution in [0.15, 0.2) is 46.5 Å². The quantitative estimate of drug-likeness (QED) is 0.830. The molecule has 0 fully saturated rings. The largest absolute Gasteiger partial charge is 0.354 e. The summed E-state index contributed by atoms with van der Waals surface area (Å²) in [7, 11) is 0. The minimum absolute atomic E-state index is 0.703. The molecule has 0 saturated carbocycles. The highest BCUT2D eigenvalue weighted by Crippen LogP contribution is 2.26. The number of nitrogens with one attached hydrogen (secondary N) is 1. The lowest BCUT2D eigenvalue weighted by Gasteiger charge is -2.05. The van der Waals surface area contributed by atoms with Gasteiger partial charge in [0.05, 0.1) is 0 Å². The van der Waals surface area contributed by atoms with E-state index >= 15 is 0 Å². The van der Waals surface area contributed by atoms with Crippen molar-refractivity contribution in [2.45, 2.75) is 30.2 Å². The van der Waals surface area contributed by atoms with Crippen molar-refractivity contribution in [3.05, 3.63) is 42.1 Å². The maximum Gasteiger partial charge on any atom is 0.223 e. The zero-order chi connectivity index (χ0) is 12.8. The molecule has 18 heavy (non-hydrogen) atoms. The van der Waals surface area contributed by atoms with Crippen molar-refractivity contribution in [3.63, 3.8) is 0 Å². The second-order valence-corrected chi connectivity index (χ2v) is 5.15. The van der Waals surface area contributed by atoms with Crippen LogP contribution >= 0.6 is 11.8 Å². The monoisotopic (exact) mass is 259 g/mol. The minimum Gasteiger partial charge on any atom is -0.354 e. The molecule has 1 aromatic heterocycles. The molecule has 0 bridgehead atoms. The van der Waals surface area contributed by atoms with Crippen LogP contribution in [0.2, 0.25) is 0 Å². The summed E-state index contributed by atoms with van der Waals surface area (Å²) >= 11 is 1.65. The highest BCUT2D eigenvalue weighted by molar-refractivity contribution is 7.99. The van der Waals surface area contributed by atoms with E-state index in [0.29, 0.717) is 5.95 Å². The van der Waals surface area contributed by atoms with Gasteiger partial charge in [-0.25, -0.2) is 9.97 Å². The first-order valence-electron chi connectivity index (χ1n) is 6.09. The van der Waals surface area contributed by atoms with Crippen molar-refractivity contribution >= 4 is 17.7 Å². The molecule has 0 atom stereocenters. The van der Waals surface area contributed by atoms with Crippen LogP contribution in [-0.4, -0.2) is 16.5 Å². The molecular weight excluding hydrogens is 242 g/mol. The molecule has 0 aliphatic heterocycles. The molecular formula is C14H17N3S. The van der Waals surface area contributed by atoms with E-state index in [1.54, 1.807) is 18.0 Å². The molecule has 1 aromatic carbocycles. The van der Waals surface area contributed by atoms with Gasteiger partial charge in [0, 0.05) is 17.6 Å². The number of benzene rings is 1. The maximum absolute atomic E-state index is 4.47. The summed E-state index contributed by atoms with van der Waals surface area (Å²) in [5.74, 6) is 0.703. The highest BCUT2D eigenvalue weighted by Gasteiger charge is 2.01. The predicted octanol–water partition coefficient (Wildman–Crippen LogP) is 3.76. The van der Waals surface area contributed by atoms with Gasteiger partial charge in [0.15, 0.2) is 0 Å². The van der Waals surface area contributed by atoms with E-state index in [2.05, 4.69) is 53.4 Å². The second-order valence-electron chi connectivity index (χ2n) is 4.06. The normalized spacial score (nSPS) is 10.3. The van der Waals surface area contributed by atoms with Gasteiger partial charge in [-0.3, -0.25) is 0 Å². The van der Waals surface area contributed by atoms with Crippen LogP contribution < -0.4 is 5.32 Å². The van der Waals surface area contributed by atoms with E-state index in [1.807, 2.05) is 6.07 Å². The molecule has 0 aliphatic rings. The van der Waals surface area contributed by atoms with Gasteiger partial charge in [-0.05, 0) is 31.5 Å². The lowest BCUT2D eigenvalue weighted by Crippen LogP contribution is -2.03. The Morgan fingerprint density at radius 3 is 2.67 bits per heavy atom. The molecule has 0 unspecified atom stereocenters. The van der Waals surface area contributed by atoms with Gasteiger partial charge in [-0.15, -0.1) is 0 Å². The molecule has 94 valence electrons. The summed E-state index contributed by atoms with van der Waals surface area (Å²) < 4.78 is 0. The average molecular weight is 259 g/mol. The molecule has 1 N–H and O–H groups in total. The van der Waals surface area contributed by atoms with Crippen molar-refractivity contribution in [1.29, 1.82) is 0 Å². The van der Waals surface area contributed by atoms with Crippen LogP contribution in [0, 0.1) is 6.92 Å². The van der Waals surface area contributed by atoms with Crippen LogP contribution in [0.3, 0.4) is 0 Å². The summed E-state index contributed by atoms with van der Waals surface area (Å²) in [6.07, 6.45) is 2.86. The van der Waals surface area contributed by atoms with E-state index in [9.17, 15) is 0 Å². The molecule has 2 aromatic rings. The Hall–Kier alpha value is -1.55. The number of hydrogen-bond acceptors (Lipinski definition) is 4. The zero-order valence-electron chi connectivity index (χ0n) is 10.7. The van der Waals surface area contributed by atoms with Gasteiger partial charge in [-0.2, -0.15) is 0 Å². The number of hydrogen-bond donors (Lipinski definition) is 1. The van der Waals surface area contributed by atoms with E-state index in [0.717, 1.165) is 18.0 Å². The van der Waals surface area contributed by atoms with Crippen LogP contribution in [0.5, 0.6) is 0 Å². The van der Waals surface area contributed by atoms with Crippen molar-refractivity contribution < 1.29 is 0 Å². The molecule has 0 saturated heterocycles. The number of anilines is 1. The minimum atomic E-state index is 0.703. The van der Waals surface area contributed by atoms with E-state index in [1.165, 1.54) is 10.5 Å². The fraction of sp³-hybridized carbons (Fsp3) is 0.286. The fourth-order valence-electron chi connectivity index (χ4n) is 1.45. The Morgan fingerprint density at radius 1 is 1.17 bits per heavy atom. The van der Waals surface area contributed by atoms with Crippen LogP contribution in [0.25, 0.3) is 0 Å². The first kappa shape index (κ1) is 12.9. The van der Waals surface area contributed by atoms with Crippen molar-refractivity contribution in [2.75, 3.05) is 11.9 Å².